The Hall–Kier alpha value is -2.21. The standard InChI is InChI=1S/C27H29ClO4/c1-20-24(29-17-21-11-5-2-6-12-21)25(30-18-22-13-7-3-8-14-22)26(27(28)32-20)31-19-23-15-9-4-10-16-23/h2-16,20,24-27H,17-19H2,1H3/t20-,24-,25+,26+,27+/m1/s1. The zero-order chi connectivity index (χ0) is 22.2. The molecule has 5 heteroatoms. The van der Waals surface area contributed by atoms with E-state index >= 15 is 0 Å². The first-order chi connectivity index (χ1) is 15.7. The van der Waals surface area contributed by atoms with Gasteiger partial charge in [-0.15, -0.1) is 0 Å². The second kappa shape index (κ2) is 11.6. The van der Waals surface area contributed by atoms with Gasteiger partial charge in [0.15, 0.2) is 5.56 Å². The Bertz CT molecular complexity index is 867. The van der Waals surface area contributed by atoms with Gasteiger partial charge >= 0.3 is 0 Å². The lowest BCUT2D eigenvalue weighted by molar-refractivity contribution is -0.244. The molecule has 1 saturated heterocycles. The topological polar surface area (TPSA) is 36.9 Å². The molecule has 0 spiro atoms. The van der Waals surface area contributed by atoms with E-state index in [0.717, 1.165) is 16.7 Å². The van der Waals surface area contributed by atoms with Crippen LogP contribution >= 0.6 is 11.6 Å². The highest BCUT2D eigenvalue weighted by molar-refractivity contribution is 6.20. The van der Waals surface area contributed by atoms with E-state index in [2.05, 4.69) is 0 Å². The van der Waals surface area contributed by atoms with Crippen LogP contribution in [0.15, 0.2) is 91.0 Å². The van der Waals surface area contributed by atoms with Crippen LogP contribution in [0.5, 0.6) is 0 Å². The third-order valence-corrected chi connectivity index (χ3v) is 5.92. The van der Waals surface area contributed by atoms with Gasteiger partial charge in [0.25, 0.3) is 0 Å². The summed E-state index contributed by atoms with van der Waals surface area (Å²) in [4.78, 5) is 0. The summed E-state index contributed by atoms with van der Waals surface area (Å²) in [5.41, 5.74) is 2.61. The Labute approximate surface area is 195 Å². The van der Waals surface area contributed by atoms with Crippen molar-refractivity contribution in [2.75, 3.05) is 0 Å². The normalized spacial score (nSPS) is 25.5. The molecular weight excluding hydrogens is 424 g/mol. The molecule has 5 atom stereocenters. The molecule has 4 rings (SSSR count). The van der Waals surface area contributed by atoms with Crippen LogP contribution in [0.4, 0.5) is 0 Å². The molecule has 168 valence electrons. The lowest BCUT2D eigenvalue weighted by Gasteiger charge is -2.43. The minimum absolute atomic E-state index is 0.237. The van der Waals surface area contributed by atoms with Gasteiger partial charge in [-0.25, -0.2) is 0 Å². The fraction of sp³-hybridized carbons (Fsp3) is 0.333. The van der Waals surface area contributed by atoms with Crippen LogP contribution < -0.4 is 0 Å². The summed E-state index contributed by atoms with van der Waals surface area (Å²) >= 11 is 6.62. The predicted molar refractivity (Wildman–Crippen MR) is 125 cm³/mol. The number of hydrogen-bond donors (Lipinski definition) is 0. The quantitative estimate of drug-likeness (QED) is 0.389. The Morgan fingerprint density at radius 2 is 0.969 bits per heavy atom. The third-order valence-electron chi connectivity index (χ3n) is 5.57. The van der Waals surface area contributed by atoms with Crippen LogP contribution in [0, 0.1) is 0 Å². The van der Waals surface area contributed by atoms with E-state index in [-0.39, 0.29) is 18.3 Å². The second-order valence-electron chi connectivity index (χ2n) is 7.98. The molecule has 0 unspecified atom stereocenters. The maximum absolute atomic E-state index is 6.62. The Morgan fingerprint density at radius 3 is 1.41 bits per heavy atom. The zero-order valence-corrected chi connectivity index (χ0v) is 18.9. The van der Waals surface area contributed by atoms with Gasteiger partial charge in [0, 0.05) is 0 Å². The molecule has 1 fully saturated rings. The van der Waals surface area contributed by atoms with E-state index in [0.29, 0.717) is 19.8 Å². The Balaban J connectivity index is 1.50. The molecule has 3 aromatic rings. The summed E-state index contributed by atoms with van der Waals surface area (Å²) in [5.74, 6) is 0. The van der Waals surface area contributed by atoms with E-state index < -0.39 is 11.7 Å². The number of rotatable bonds is 9. The van der Waals surface area contributed by atoms with Gasteiger partial charge in [0.2, 0.25) is 0 Å². The van der Waals surface area contributed by atoms with Gasteiger partial charge in [-0.05, 0) is 23.6 Å². The van der Waals surface area contributed by atoms with Crippen molar-refractivity contribution in [3.05, 3.63) is 108 Å². The van der Waals surface area contributed by atoms with E-state index in [1.165, 1.54) is 0 Å². The van der Waals surface area contributed by atoms with Crippen LogP contribution in [-0.4, -0.2) is 30.0 Å². The lowest BCUT2D eigenvalue weighted by atomic mass is 9.99. The number of ether oxygens (including phenoxy) is 4. The molecule has 0 radical (unpaired) electrons. The lowest BCUT2D eigenvalue weighted by Crippen LogP contribution is -2.57. The highest BCUT2D eigenvalue weighted by atomic mass is 35.5. The number of benzene rings is 3. The van der Waals surface area contributed by atoms with Crippen molar-refractivity contribution >= 4 is 11.6 Å². The van der Waals surface area contributed by atoms with Gasteiger partial charge < -0.3 is 18.9 Å². The maximum Gasteiger partial charge on any atom is 0.160 e. The number of hydrogen-bond acceptors (Lipinski definition) is 4. The van der Waals surface area contributed by atoms with E-state index in [1.54, 1.807) is 0 Å². The van der Waals surface area contributed by atoms with Gasteiger partial charge in [-0.1, -0.05) is 103 Å². The smallest absolute Gasteiger partial charge is 0.160 e. The minimum atomic E-state index is -0.633. The van der Waals surface area contributed by atoms with Crippen LogP contribution in [-0.2, 0) is 38.8 Å². The molecular formula is C27H29ClO4. The first-order valence-corrected chi connectivity index (χ1v) is 11.4. The Kier molecular flexibility index (Phi) is 8.32. The van der Waals surface area contributed by atoms with Crippen molar-refractivity contribution in [1.29, 1.82) is 0 Å². The average molecular weight is 453 g/mol. The molecule has 0 saturated carbocycles. The van der Waals surface area contributed by atoms with Crippen molar-refractivity contribution in [3.8, 4) is 0 Å². The maximum atomic E-state index is 6.62. The molecule has 0 bridgehead atoms. The summed E-state index contributed by atoms with van der Waals surface area (Å²) in [6.07, 6.45) is -1.42. The summed E-state index contributed by atoms with van der Waals surface area (Å²) in [6.45, 7) is 3.29. The van der Waals surface area contributed by atoms with Crippen molar-refractivity contribution in [3.63, 3.8) is 0 Å². The molecule has 0 aliphatic carbocycles. The molecule has 0 aromatic heterocycles. The van der Waals surface area contributed by atoms with Gasteiger partial charge in [-0.2, -0.15) is 0 Å². The number of alkyl halides is 1. The van der Waals surface area contributed by atoms with Gasteiger partial charge in [0.05, 0.1) is 25.9 Å². The highest BCUT2D eigenvalue weighted by Crippen LogP contribution is 2.31. The summed E-state index contributed by atoms with van der Waals surface area (Å²) in [5, 5.41) is 0. The average Bonchev–Trinajstić information content (AvgIpc) is 2.83. The van der Waals surface area contributed by atoms with E-state index in [4.69, 9.17) is 30.5 Å². The molecule has 0 amide bonds. The largest absolute Gasteiger partial charge is 0.368 e. The molecule has 32 heavy (non-hydrogen) atoms. The van der Waals surface area contributed by atoms with Crippen LogP contribution in [0.1, 0.15) is 23.6 Å². The van der Waals surface area contributed by atoms with E-state index in [9.17, 15) is 0 Å². The van der Waals surface area contributed by atoms with Gasteiger partial charge in [0.1, 0.15) is 18.3 Å². The molecule has 1 aliphatic heterocycles. The predicted octanol–water partition coefficient (Wildman–Crippen LogP) is 5.73. The van der Waals surface area contributed by atoms with Crippen molar-refractivity contribution in [2.45, 2.75) is 56.7 Å². The molecule has 4 nitrogen and oxygen atoms in total. The van der Waals surface area contributed by atoms with Crippen LogP contribution in [0.3, 0.4) is 0 Å². The van der Waals surface area contributed by atoms with Crippen LogP contribution in [0.2, 0.25) is 0 Å². The number of halogens is 1. The van der Waals surface area contributed by atoms with Crippen LogP contribution in [0.25, 0.3) is 0 Å². The first-order valence-electron chi connectivity index (χ1n) is 11.0. The summed E-state index contributed by atoms with van der Waals surface area (Å²) in [6, 6.07) is 30.2. The molecule has 3 aromatic carbocycles. The monoisotopic (exact) mass is 452 g/mol. The van der Waals surface area contributed by atoms with Crippen molar-refractivity contribution < 1.29 is 18.9 Å². The molecule has 1 aliphatic rings. The van der Waals surface area contributed by atoms with Crippen molar-refractivity contribution in [2.24, 2.45) is 0 Å². The second-order valence-corrected chi connectivity index (χ2v) is 8.41. The fourth-order valence-electron chi connectivity index (χ4n) is 3.85. The first kappa shape index (κ1) is 23.0. The van der Waals surface area contributed by atoms with E-state index in [1.807, 2.05) is 97.9 Å². The zero-order valence-electron chi connectivity index (χ0n) is 18.2. The minimum Gasteiger partial charge on any atom is -0.368 e. The van der Waals surface area contributed by atoms with Gasteiger partial charge in [-0.3, -0.25) is 0 Å². The highest BCUT2D eigenvalue weighted by Gasteiger charge is 2.46. The SMILES string of the molecule is C[C@H]1O[C@H](Cl)[C@@H](OCc2ccccc2)[C@@H](OCc2ccccc2)[C@@H]1OCc1ccccc1. The third kappa shape index (κ3) is 6.18. The Morgan fingerprint density at radius 1 is 0.594 bits per heavy atom. The molecule has 1 heterocycles. The summed E-state index contributed by atoms with van der Waals surface area (Å²) < 4.78 is 25.0. The fourth-order valence-corrected chi connectivity index (χ4v) is 4.23. The molecule has 0 N–H and O–H groups in total. The van der Waals surface area contributed by atoms with Crippen molar-refractivity contribution in [1.82, 2.24) is 0 Å². The summed E-state index contributed by atoms with van der Waals surface area (Å²) in [7, 11) is 0.